The fraction of sp³-hybridized carbons (Fsp3) is 0.606. The van der Waals surface area contributed by atoms with Crippen molar-refractivity contribution in [3.8, 4) is 11.1 Å². The molecule has 0 heterocycles. The van der Waals surface area contributed by atoms with Gasteiger partial charge in [0.05, 0.1) is 13.2 Å². The number of rotatable bonds is 21. The van der Waals surface area contributed by atoms with Crippen molar-refractivity contribution in [2.75, 3.05) is 39.6 Å². The molecule has 2 aromatic carbocycles. The molecule has 1 aliphatic rings. The Bertz CT molecular complexity index is 870. The number of amides is 1. The van der Waals surface area contributed by atoms with E-state index in [0.717, 1.165) is 19.4 Å². The van der Waals surface area contributed by atoms with E-state index >= 15 is 0 Å². The van der Waals surface area contributed by atoms with Gasteiger partial charge < -0.3 is 19.5 Å². The summed E-state index contributed by atoms with van der Waals surface area (Å²) in [6.07, 6.45) is 15.2. The number of hydrogen-bond acceptors (Lipinski definition) is 4. The van der Waals surface area contributed by atoms with Gasteiger partial charge in [-0.3, -0.25) is 0 Å². The molecule has 38 heavy (non-hydrogen) atoms. The van der Waals surface area contributed by atoms with Gasteiger partial charge in [-0.15, -0.1) is 0 Å². The minimum atomic E-state index is -0.373. The monoisotopic (exact) mass is 523 g/mol. The van der Waals surface area contributed by atoms with Crippen LogP contribution in [-0.4, -0.2) is 45.7 Å². The maximum absolute atomic E-state index is 12.2. The molecule has 0 unspecified atom stereocenters. The van der Waals surface area contributed by atoms with E-state index < -0.39 is 0 Å². The molecule has 0 atom stereocenters. The van der Waals surface area contributed by atoms with Gasteiger partial charge in [-0.05, 0) is 35.1 Å². The SMILES string of the molecule is CCCCCCCCCCCCCOCCOCCCNC(=O)OCC1c2ccccc2-c2ccccc21. The van der Waals surface area contributed by atoms with Crippen molar-refractivity contribution in [1.82, 2.24) is 5.32 Å². The first-order valence-electron chi connectivity index (χ1n) is 15.1. The van der Waals surface area contributed by atoms with Gasteiger partial charge in [-0.2, -0.15) is 0 Å². The average Bonchev–Trinajstić information content (AvgIpc) is 3.27. The highest BCUT2D eigenvalue weighted by Gasteiger charge is 2.28. The lowest BCUT2D eigenvalue weighted by Crippen LogP contribution is -2.27. The van der Waals surface area contributed by atoms with E-state index in [0.29, 0.717) is 33.0 Å². The van der Waals surface area contributed by atoms with Gasteiger partial charge in [-0.25, -0.2) is 4.79 Å². The second-order valence-electron chi connectivity index (χ2n) is 10.4. The van der Waals surface area contributed by atoms with Gasteiger partial charge in [0, 0.05) is 25.7 Å². The molecule has 0 radical (unpaired) electrons. The normalized spacial score (nSPS) is 12.3. The van der Waals surface area contributed by atoms with Gasteiger partial charge in [0.1, 0.15) is 6.61 Å². The summed E-state index contributed by atoms with van der Waals surface area (Å²) >= 11 is 0. The van der Waals surface area contributed by atoms with E-state index in [2.05, 4.69) is 48.6 Å². The maximum atomic E-state index is 12.2. The number of unbranched alkanes of at least 4 members (excludes halogenated alkanes) is 10. The van der Waals surface area contributed by atoms with Gasteiger partial charge in [0.25, 0.3) is 0 Å². The highest BCUT2D eigenvalue weighted by atomic mass is 16.5. The third kappa shape index (κ3) is 10.8. The summed E-state index contributed by atoms with van der Waals surface area (Å²) in [7, 11) is 0. The lowest BCUT2D eigenvalue weighted by atomic mass is 9.98. The predicted octanol–water partition coefficient (Wildman–Crippen LogP) is 8.26. The summed E-state index contributed by atoms with van der Waals surface area (Å²) in [4.78, 5) is 12.2. The zero-order valence-corrected chi connectivity index (χ0v) is 23.6. The van der Waals surface area contributed by atoms with Crippen LogP contribution in [-0.2, 0) is 14.2 Å². The van der Waals surface area contributed by atoms with Crippen molar-refractivity contribution >= 4 is 6.09 Å². The molecule has 5 heteroatoms. The number of hydrogen-bond donors (Lipinski definition) is 1. The third-order valence-electron chi connectivity index (χ3n) is 7.34. The molecule has 0 saturated heterocycles. The molecule has 2 aromatic rings. The Morgan fingerprint density at radius 1 is 0.658 bits per heavy atom. The first-order chi connectivity index (χ1) is 18.8. The number of carbonyl (C=O) groups excluding carboxylic acids is 1. The Labute approximate surface area is 230 Å². The molecule has 1 N–H and O–H groups in total. The van der Waals surface area contributed by atoms with E-state index in [1.807, 2.05) is 12.1 Å². The number of alkyl carbamates (subject to hydrolysis) is 1. The Morgan fingerprint density at radius 2 is 1.16 bits per heavy atom. The Hall–Kier alpha value is -2.37. The van der Waals surface area contributed by atoms with Crippen LogP contribution in [0.3, 0.4) is 0 Å². The fourth-order valence-electron chi connectivity index (χ4n) is 5.20. The Balaban J connectivity index is 1.10. The number of ether oxygens (including phenoxy) is 3. The first-order valence-corrected chi connectivity index (χ1v) is 15.1. The number of nitrogens with one attached hydrogen (secondary N) is 1. The van der Waals surface area contributed by atoms with Crippen LogP contribution in [0.5, 0.6) is 0 Å². The van der Waals surface area contributed by atoms with Gasteiger partial charge >= 0.3 is 6.09 Å². The van der Waals surface area contributed by atoms with Crippen molar-refractivity contribution in [1.29, 1.82) is 0 Å². The van der Waals surface area contributed by atoms with Crippen LogP contribution in [0.2, 0.25) is 0 Å². The molecule has 3 rings (SSSR count). The number of carbonyl (C=O) groups is 1. The van der Waals surface area contributed by atoms with Crippen LogP contribution in [0.15, 0.2) is 48.5 Å². The van der Waals surface area contributed by atoms with E-state index in [1.54, 1.807) is 0 Å². The van der Waals surface area contributed by atoms with E-state index in [9.17, 15) is 4.79 Å². The quantitative estimate of drug-likeness (QED) is 0.167. The molecule has 1 amide bonds. The summed E-state index contributed by atoms with van der Waals surface area (Å²) in [6.45, 7) is 5.81. The summed E-state index contributed by atoms with van der Waals surface area (Å²) in [5, 5.41) is 2.84. The van der Waals surface area contributed by atoms with Crippen LogP contribution in [0.4, 0.5) is 4.79 Å². The molecule has 0 fully saturated rings. The molecule has 0 bridgehead atoms. The van der Waals surface area contributed by atoms with Crippen LogP contribution >= 0.6 is 0 Å². The maximum Gasteiger partial charge on any atom is 0.407 e. The molecular weight excluding hydrogens is 474 g/mol. The van der Waals surface area contributed by atoms with Crippen molar-refractivity contribution in [2.24, 2.45) is 0 Å². The van der Waals surface area contributed by atoms with E-state index in [1.165, 1.54) is 86.5 Å². The van der Waals surface area contributed by atoms with Crippen LogP contribution in [0.25, 0.3) is 11.1 Å². The molecule has 0 aliphatic heterocycles. The van der Waals surface area contributed by atoms with Crippen LogP contribution in [0, 0.1) is 0 Å². The smallest absolute Gasteiger partial charge is 0.407 e. The molecule has 0 spiro atoms. The van der Waals surface area contributed by atoms with E-state index in [4.69, 9.17) is 14.2 Å². The van der Waals surface area contributed by atoms with Gasteiger partial charge in [-0.1, -0.05) is 120 Å². The largest absolute Gasteiger partial charge is 0.449 e. The third-order valence-corrected chi connectivity index (χ3v) is 7.34. The highest BCUT2D eigenvalue weighted by Crippen LogP contribution is 2.44. The van der Waals surface area contributed by atoms with Gasteiger partial charge in [0.15, 0.2) is 0 Å². The lowest BCUT2D eigenvalue weighted by Gasteiger charge is -2.14. The summed E-state index contributed by atoms with van der Waals surface area (Å²) in [5.41, 5.74) is 4.91. The molecule has 0 saturated carbocycles. The highest BCUT2D eigenvalue weighted by molar-refractivity contribution is 5.79. The summed E-state index contributed by atoms with van der Waals surface area (Å²) in [5.74, 6) is 0.0848. The standard InChI is InChI=1S/C33H49NO4/c1-2-3-4-5-6-7-8-9-10-11-16-23-36-25-26-37-24-17-22-34-33(35)38-27-32-30-20-14-12-18-28(30)29-19-13-15-21-31(29)32/h12-15,18-21,32H,2-11,16-17,22-27H2,1H3,(H,34,35). The summed E-state index contributed by atoms with van der Waals surface area (Å²) < 4.78 is 16.9. The minimum absolute atomic E-state index is 0.0848. The molecule has 0 aromatic heterocycles. The van der Waals surface area contributed by atoms with Crippen molar-refractivity contribution in [3.05, 3.63) is 59.7 Å². The van der Waals surface area contributed by atoms with Crippen molar-refractivity contribution in [2.45, 2.75) is 89.9 Å². The second-order valence-corrected chi connectivity index (χ2v) is 10.4. The zero-order valence-electron chi connectivity index (χ0n) is 23.6. The first kappa shape index (κ1) is 30.2. The number of benzene rings is 2. The van der Waals surface area contributed by atoms with Crippen molar-refractivity contribution in [3.63, 3.8) is 0 Å². The topological polar surface area (TPSA) is 56.8 Å². The number of fused-ring (bicyclic) bond motifs is 3. The van der Waals surface area contributed by atoms with Gasteiger partial charge in [0.2, 0.25) is 0 Å². The second kappa shape index (κ2) is 18.8. The summed E-state index contributed by atoms with van der Waals surface area (Å²) in [6, 6.07) is 16.7. The predicted molar refractivity (Wildman–Crippen MR) is 156 cm³/mol. The Kier molecular flexibility index (Phi) is 14.9. The molecule has 1 aliphatic carbocycles. The minimum Gasteiger partial charge on any atom is -0.449 e. The van der Waals surface area contributed by atoms with Crippen LogP contribution < -0.4 is 5.32 Å². The average molecular weight is 524 g/mol. The Morgan fingerprint density at radius 3 is 1.74 bits per heavy atom. The fourth-order valence-corrected chi connectivity index (χ4v) is 5.20. The molecular formula is C33H49NO4. The van der Waals surface area contributed by atoms with E-state index in [-0.39, 0.29) is 12.0 Å². The molecule has 5 nitrogen and oxygen atoms in total. The lowest BCUT2D eigenvalue weighted by molar-refractivity contribution is 0.0453. The molecule has 210 valence electrons. The van der Waals surface area contributed by atoms with Crippen molar-refractivity contribution < 1.29 is 19.0 Å². The van der Waals surface area contributed by atoms with Crippen LogP contribution in [0.1, 0.15) is 101 Å². The zero-order chi connectivity index (χ0) is 26.7.